The lowest BCUT2D eigenvalue weighted by Gasteiger charge is -2.44. The molecule has 0 spiro atoms. The average molecular weight is 523 g/mol. The van der Waals surface area contributed by atoms with Crippen LogP contribution >= 0.6 is 34.8 Å². The molecular weight excluding hydrogens is 493 g/mol. The molecule has 8 heteroatoms. The lowest BCUT2D eigenvalue weighted by Crippen LogP contribution is -2.54. The Morgan fingerprint density at radius 1 is 0.971 bits per heavy atom. The first-order valence-corrected chi connectivity index (χ1v) is 12.9. The Labute approximate surface area is 216 Å². The number of piperidine rings is 1. The zero-order valence-electron chi connectivity index (χ0n) is 19.2. The molecule has 0 aromatic heterocycles. The van der Waals surface area contributed by atoms with Crippen LogP contribution in [0, 0.1) is 5.92 Å². The predicted molar refractivity (Wildman–Crippen MR) is 138 cm³/mol. The van der Waals surface area contributed by atoms with Crippen LogP contribution in [-0.2, 0) is 4.79 Å². The molecule has 1 saturated carbocycles. The van der Waals surface area contributed by atoms with E-state index < -0.39 is 0 Å². The molecule has 2 aromatic carbocycles. The summed E-state index contributed by atoms with van der Waals surface area (Å²) in [7, 11) is 1.82. The second-order valence-corrected chi connectivity index (χ2v) is 10.6. The van der Waals surface area contributed by atoms with E-state index in [9.17, 15) is 9.59 Å². The van der Waals surface area contributed by atoms with Gasteiger partial charge in [0, 0.05) is 48.7 Å². The summed E-state index contributed by atoms with van der Waals surface area (Å²) < 4.78 is 0. The number of carbonyl (C=O) groups is 2. The van der Waals surface area contributed by atoms with Crippen molar-refractivity contribution >= 4 is 46.6 Å². The van der Waals surface area contributed by atoms with Crippen LogP contribution in [0.25, 0.3) is 0 Å². The van der Waals surface area contributed by atoms with E-state index in [1.165, 1.54) is 0 Å². The van der Waals surface area contributed by atoms with Crippen molar-refractivity contribution in [2.75, 3.05) is 20.1 Å². The summed E-state index contributed by atoms with van der Waals surface area (Å²) in [6.45, 7) is 1.09. The van der Waals surface area contributed by atoms with Gasteiger partial charge in [0.25, 0.3) is 5.91 Å². The molecular formula is C26H30Cl3N3O2. The van der Waals surface area contributed by atoms with Crippen LogP contribution < -0.4 is 5.73 Å². The molecule has 182 valence electrons. The van der Waals surface area contributed by atoms with Crippen LogP contribution in [0.2, 0.25) is 15.1 Å². The maximum atomic E-state index is 13.4. The lowest BCUT2D eigenvalue weighted by atomic mass is 9.81. The molecule has 0 radical (unpaired) electrons. The van der Waals surface area contributed by atoms with Gasteiger partial charge in [0.15, 0.2) is 0 Å². The topological polar surface area (TPSA) is 66.6 Å². The number of benzene rings is 2. The molecule has 2 fully saturated rings. The van der Waals surface area contributed by atoms with E-state index in [1.54, 1.807) is 35.2 Å². The van der Waals surface area contributed by atoms with Crippen LogP contribution in [0.3, 0.4) is 0 Å². The molecule has 34 heavy (non-hydrogen) atoms. The zero-order chi connectivity index (χ0) is 24.4. The maximum absolute atomic E-state index is 13.4. The molecule has 0 unspecified atom stereocenters. The molecule has 2 aliphatic rings. The van der Waals surface area contributed by atoms with Gasteiger partial charge in [0.2, 0.25) is 5.91 Å². The second-order valence-electron chi connectivity index (χ2n) is 9.40. The second kappa shape index (κ2) is 10.9. The number of nitrogens with zero attached hydrogens (tertiary/aromatic N) is 2. The Balaban J connectivity index is 1.60. The highest BCUT2D eigenvalue weighted by Crippen LogP contribution is 2.36. The van der Waals surface area contributed by atoms with Gasteiger partial charge >= 0.3 is 0 Å². The quantitative estimate of drug-likeness (QED) is 0.567. The molecule has 1 aliphatic heterocycles. The largest absolute Gasteiger partial charge is 0.342 e. The van der Waals surface area contributed by atoms with Crippen LogP contribution in [0.1, 0.15) is 53.9 Å². The first-order chi connectivity index (χ1) is 16.3. The standard InChI is InChI=1S/C26H30Cl3N3O2/c1-31(25(33)16-6-9-18(27)10-7-16)24-12-13-32(26(34)19-4-2-3-5-23(19)30)15-20(24)17-8-11-21(28)22(29)14-17/h6-11,14,19-20,23-24H,2-5,12-13,15,30H2,1H3/t19-,20-,23+,24+/m0/s1. The summed E-state index contributed by atoms with van der Waals surface area (Å²) in [6, 6.07) is 12.3. The van der Waals surface area contributed by atoms with Crippen molar-refractivity contribution in [2.45, 2.75) is 50.1 Å². The van der Waals surface area contributed by atoms with Crippen molar-refractivity contribution in [3.8, 4) is 0 Å². The van der Waals surface area contributed by atoms with Gasteiger partial charge in [-0.15, -0.1) is 0 Å². The van der Waals surface area contributed by atoms with Gasteiger partial charge in [0.1, 0.15) is 0 Å². The van der Waals surface area contributed by atoms with Crippen molar-refractivity contribution in [1.29, 1.82) is 0 Å². The molecule has 5 nitrogen and oxygen atoms in total. The van der Waals surface area contributed by atoms with Gasteiger partial charge in [-0.05, 0) is 61.2 Å². The third kappa shape index (κ3) is 5.38. The minimum atomic E-state index is -0.131. The Morgan fingerprint density at radius 2 is 1.68 bits per heavy atom. The molecule has 1 aliphatic carbocycles. The summed E-state index contributed by atoms with van der Waals surface area (Å²) >= 11 is 18.5. The molecule has 4 atom stereocenters. The molecule has 1 saturated heterocycles. The van der Waals surface area contributed by atoms with Crippen molar-refractivity contribution in [1.82, 2.24) is 9.80 Å². The molecule has 4 rings (SSSR count). The van der Waals surface area contributed by atoms with E-state index in [-0.39, 0.29) is 35.7 Å². The van der Waals surface area contributed by atoms with E-state index in [0.29, 0.717) is 40.1 Å². The Hall–Kier alpha value is -1.79. The Morgan fingerprint density at radius 3 is 2.35 bits per heavy atom. The SMILES string of the molecule is CN(C(=O)c1ccc(Cl)cc1)[C@@H]1CCN(C(=O)[C@H]2CCCC[C@H]2N)C[C@H]1c1ccc(Cl)c(Cl)c1. The number of carbonyl (C=O) groups excluding carboxylic acids is 2. The van der Waals surface area contributed by atoms with Crippen molar-refractivity contribution in [3.63, 3.8) is 0 Å². The highest BCUT2D eigenvalue weighted by Gasteiger charge is 2.39. The summed E-state index contributed by atoms with van der Waals surface area (Å²) in [5, 5.41) is 1.52. The normalized spacial score (nSPS) is 25.1. The highest BCUT2D eigenvalue weighted by molar-refractivity contribution is 6.42. The summed E-state index contributed by atoms with van der Waals surface area (Å²) in [4.78, 5) is 30.4. The Kier molecular flexibility index (Phi) is 8.08. The number of likely N-dealkylation sites (N-methyl/N-ethyl adjacent to an activating group) is 1. The molecule has 2 N–H and O–H groups in total. The molecule has 2 aromatic rings. The molecule has 1 heterocycles. The lowest BCUT2D eigenvalue weighted by molar-refractivity contribution is -0.139. The maximum Gasteiger partial charge on any atom is 0.253 e. The molecule has 0 bridgehead atoms. The summed E-state index contributed by atoms with van der Waals surface area (Å²) in [6.07, 6.45) is 4.51. The summed E-state index contributed by atoms with van der Waals surface area (Å²) in [5.41, 5.74) is 7.85. The zero-order valence-corrected chi connectivity index (χ0v) is 21.5. The van der Waals surface area contributed by atoms with E-state index in [0.717, 1.165) is 31.2 Å². The fourth-order valence-electron chi connectivity index (χ4n) is 5.32. The number of hydrogen-bond donors (Lipinski definition) is 1. The third-order valence-electron chi connectivity index (χ3n) is 7.31. The van der Waals surface area contributed by atoms with Crippen LogP contribution in [0.15, 0.2) is 42.5 Å². The predicted octanol–water partition coefficient (Wildman–Crippen LogP) is 5.62. The van der Waals surface area contributed by atoms with Gasteiger partial charge in [-0.2, -0.15) is 0 Å². The van der Waals surface area contributed by atoms with Gasteiger partial charge in [-0.3, -0.25) is 9.59 Å². The van der Waals surface area contributed by atoms with Crippen LogP contribution in [0.5, 0.6) is 0 Å². The minimum absolute atomic E-state index is 0.0826. The monoisotopic (exact) mass is 521 g/mol. The number of amides is 2. The fourth-order valence-corrected chi connectivity index (χ4v) is 5.75. The van der Waals surface area contributed by atoms with E-state index >= 15 is 0 Å². The van der Waals surface area contributed by atoms with E-state index in [1.807, 2.05) is 24.1 Å². The summed E-state index contributed by atoms with van der Waals surface area (Å²) in [5.74, 6) is -0.190. The first kappa shape index (κ1) is 25.3. The third-order valence-corrected chi connectivity index (χ3v) is 8.30. The number of likely N-dealkylation sites (tertiary alicyclic amines) is 1. The first-order valence-electron chi connectivity index (χ1n) is 11.8. The van der Waals surface area contributed by atoms with Crippen molar-refractivity contribution < 1.29 is 9.59 Å². The Bertz CT molecular complexity index is 1050. The number of hydrogen-bond acceptors (Lipinski definition) is 3. The van der Waals surface area contributed by atoms with Gasteiger partial charge in [0.05, 0.1) is 16.0 Å². The van der Waals surface area contributed by atoms with E-state index in [2.05, 4.69) is 0 Å². The van der Waals surface area contributed by atoms with Crippen LogP contribution in [0.4, 0.5) is 0 Å². The molecule has 2 amide bonds. The van der Waals surface area contributed by atoms with Crippen LogP contribution in [-0.4, -0.2) is 53.8 Å². The smallest absolute Gasteiger partial charge is 0.253 e. The van der Waals surface area contributed by atoms with Crippen molar-refractivity contribution in [3.05, 3.63) is 68.7 Å². The van der Waals surface area contributed by atoms with Gasteiger partial charge in [-0.25, -0.2) is 0 Å². The van der Waals surface area contributed by atoms with Gasteiger partial charge < -0.3 is 15.5 Å². The number of halogens is 3. The highest BCUT2D eigenvalue weighted by atomic mass is 35.5. The number of nitrogens with two attached hydrogens (primary N) is 1. The van der Waals surface area contributed by atoms with Gasteiger partial charge in [-0.1, -0.05) is 53.7 Å². The minimum Gasteiger partial charge on any atom is -0.342 e. The van der Waals surface area contributed by atoms with Crippen molar-refractivity contribution in [2.24, 2.45) is 11.7 Å². The average Bonchev–Trinajstić information content (AvgIpc) is 2.85. The number of rotatable bonds is 4. The fraction of sp³-hybridized carbons (Fsp3) is 0.462. The van der Waals surface area contributed by atoms with E-state index in [4.69, 9.17) is 40.5 Å².